The van der Waals surface area contributed by atoms with Crippen molar-refractivity contribution in [1.82, 2.24) is 9.21 Å². The number of amides is 1. The van der Waals surface area contributed by atoms with Gasteiger partial charge in [-0.15, -0.1) is 0 Å². The van der Waals surface area contributed by atoms with E-state index in [4.69, 9.17) is 4.42 Å². The van der Waals surface area contributed by atoms with Crippen LogP contribution in [0.15, 0.2) is 27.5 Å². The van der Waals surface area contributed by atoms with Gasteiger partial charge in [-0.05, 0) is 50.3 Å². The van der Waals surface area contributed by atoms with E-state index in [1.54, 1.807) is 34.5 Å². The van der Waals surface area contributed by atoms with Crippen LogP contribution in [0.4, 0.5) is 0 Å². The summed E-state index contributed by atoms with van der Waals surface area (Å²) in [5, 5.41) is 0.679. The highest BCUT2D eigenvalue weighted by Gasteiger charge is 2.29. The molecule has 1 aromatic heterocycles. The molecule has 0 aliphatic carbocycles. The largest absolute Gasteiger partial charge is 0.451 e. The molecule has 7 heteroatoms. The Labute approximate surface area is 167 Å². The van der Waals surface area contributed by atoms with Crippen LogP contribution in [0.2, 0.25) is 0 Å². The van der Waals surface area contributed by atoms with Gasteiger partial charge in [-0.1, -0.05) is 20.3 Å². The van der Waals surface area contributed by atoms with E-state index in [0.717, 1.165) is 25.7 Å². The molecule has 1 aliphatic rings. The van der Waals surface area contributed by atoms with E-state index < -0.39 is 10.0 Å². The first-order valence-corrected chi connectivity index (χ1v) is 11.5. The van der Waals surface area contributed by atoms with Gasteiger partial charge in [0.1, 0.15) is 5.58 Å². The zero-order valence-electron chi connectivity index (χ0n) is 17.2. The van der Waals surface area contributed by atoms with Crippen molar-refractivity contribution < 1.29 is 17.6 Å². The third-order valence-corrected chi connectivity index (χ3v) is 7.41. The van der Waals surface area contributed by atoms with Crippen molar-refractivity contribution in [1.29, 1.82) is 0 Å². The fourth-order valence-corrected chi connectivity index (χ4v) is 5.37. The molecule has 1 atom stereocenters. The minimum Gasteiger partial charge on any atom is -0.451 e. The zero-order chi connectivity index (χ0) is 20.5. The molecule has 0 N–H and O–H groups in total. The Morgan fingerprint density at radius 3 is 2.79 bits per heavy atom. The monoisotopic (exact) mass is 406 g/mol. The summed E-state index contributed by atoms with van der Waals surface area (Å²) in [7, 11) is -1.78. The highest BCUT2D eigenvalue weighted by atomic mass is 32.2. The highest BCUT2D eigenvalue weighted by Crippen LogP contribution is 2.30. The first-order chi connectivity index (χ1) is 13.3. The van der Waals surface area contributed by atoms with Gasteiger partial charge < -0.3 is 9.32 Å². The van der Waals surface area contributed by atoms with Crippen molar-refractivity contribution in [2.45, 2.75) is 51.3 Å². The molecule has 1 amide bonds. The summed E-state index contributed by atoms with van der Waals surface area (Å²) in [5.74, 6) is 0.483. The molecule has 2 aromatic rings. The minimum absolute atomic E-state index is 0.170. The normalized spacial score (nSPS) is 18.5. The van der Waals surface area contributed by atoms with Gasteiger partial charge in [0.2, 0.25) is 10.0 Å². The number of hydrogen-bond acceptors (Lipinski definition) is 4. The van der Waals surface area contributed by atoms with E-state index in [0.29, 0.717) is 42.1 Å². The fourth-order valence-electron chi connectivity index (χ4n) is 3.75. The summed E-state index contributed by atoms with van der Waals surface area (Å²) in [6.45, 7) is 7.75. The Kier molecular flexibility index (Phi) is 6.15. The van der Waals surface area contributed by atoms with Crippen molar-refractivity contribution in [3.63, 3.8) is 0 Å². The number of sulfonamides is 1. The molecule has 0 spiro atoms. The predicted molar refractivity (Wildman–Crippen MR) is 110 cm³/mol. The Morgan fingerprint density at radius 2 is 2.11 bits per heavy atom. The molecular formula is C21H30N2O4S. The van der Waals surface area contributed by atoms with E-state index in [1.165, 1.54) is 0 Å². The SMILES string of the molecule is CCCCN(C)C(=O)c1oc2ccc(S(=O)(=O)N3CCCC(C)C3)cc2c1C. The van der Waals surface area contributed by atoms with Crippen molar-refractivity contribution in [3.05, 3.63) is 29.5 Å². The number of unbranched alkanes of at least 4 members (excludes halogenated alkanes) is 1. The Balaban J connectivity index is 1.94. The number of benzene rings is 1. The smallest absolute Gasteiger partial charge is 0.289 e. The fraction of sp³-hybridized carbons (Fsp3) is 0.571. The molecule has 1 unspecified atom stereocenters. The molecule has 0 bridgehead atoms. The van der Waals surface area contributed by atoms with Crippen LogP contribution in [0.1, 0.15) is 55.6 Å². The van der Waals surface area contributed by atoms with Gasteiger partial charge in [0.25, 0.3) is 5.91 Å². The maximum Gasteiger partial charge on any atom is 0.289 e. The maximum atomic E-state index is 13.1. The lowest BCUT2D eigenvalue weighted by atomic mass is 10.0. The van der Waals surface area contributed by atoms with Crippen LogP contribution in [0, 0.1) is 12.8 Å². The second-order valence-electron chi connectivity index (χ2n) is 7.90. The van der Waals surface area contributed by atoms with Crippen LogP contribution in [0.25, 0.3) is 11.0 Å². The number of piperidine rings is 1. The van der Waals surface area contributed by atoms with Crippen LogP contribution < -0.4 is 0 Å². The van der Waals surface area contributed by atoms with Crippen molar-refractivity contribution in [2.24, 2.45) is 5.92 Å². The van der Waals surface area contributed by atoms with E-state index >= 15 is 0 Å². The molecule has 0 radical (unpaired) electrons. The summed E-state index contributed by atoms with van der Waals surface area (Å²) in [6, 6.07) is 4.88. The lowest BCUT2D eigenvalue weighted by Crippen LogP contribution is -2.39. The predicted octanol–water partition coefficient (Wildman–Crippen LogP) is 4.03. The number of rotatable bonds is 6. The lowest BCUT2D eigenvalue weighted by Gasteiger charge is -2.30. The summed E-state index contributed by atoms with van der Waals surface area (Å²) < 4.78 is 33.5. The van der Waals surface area contributed by atoms with Crippen molar-refractivity contribution >= 4 is 26.9 Å². The van der Waals surface area contributed by atoms with Gasteiger partial charge in [0, 0.05) is 37.6 Å². The third kappa shape index (κ3) is 3.96. The van der Waals surface area contributed by atoms with E-state index in [1.807, 2.05) is 6.92 Å². The second kappa shape index (κ2) is 8.25. The first kappa shape index (κ1) is 20.9. The number of carbonyl (C=O) groups excluding carboxylic acids is 1. The summed E-state index contributed by atoms with van der Waals surface area (Å²) >= 11 is 0. The number of fused-ring (bicyclic) bond motifs is 1. The molecule has 28 heavy (non-hydrogen) atoms. The molecule has 1 fully saturated rings. The molecule has 0 saturated carbocycles. The average molecular weight is 407 g/mol. The van der Waals surface area contributed by atoms with E-state index in [9.17, 15) is 13.2 Å². The number of hydrogen-bond donors (Lipinski definition) is 0. The topological polar surface area (TPSA) is 70.8 Å². The maximum absolute atomic E-state index is 13.1. The van der Waals surface area contributed by atoms with Crippen LogP contribution in [-0.2, 0) is 10.0 Å². The standard InChI is InChI=1S/C21H30N2O4S/c1-5-6-11-22(4)21(24)20-16(3)18-13-17(9-10-19(18)27-20)28(25,26)23-12-7-8-15(2)14-23/h9-10,13,15H,5-8,11-12,14H2,1-4H3. The summed E-state index contributed by atoms with van der Waals surface area (Å²) in [6.07, 6.45) is 3.88. The molecule has 1 saturated heterocycles. The first-order valence-electron chi connectivity index (χ1n) is 10.0. The molecule has 154 valence electrons. The van der Waals surface area contributed by atoms with Crippen molar-refractivity contribution in [2.75, 3.05) is 26.7 Å². The minimum atomic E-state index is -3.55. The molecule has 6 nitrogen and oxygen atoms in total. The van der Waals surface area contributed by atoms with Crippen molar-refractivity contribution in [3.8, 4) is 0 Å². The number of carbonyl (C=O) groups is 1. The molecule has 2 heterocycles. The van der Waals surface area contributed by atoms with Gasteiger partial charge in [-0.25, -0.2) is 8.42 Å². The number of nitrogens with zero attached hydrogens (tertiary/aromatic N) is 2. The number of aryl methyl sites for hydroxylation is 1. The van der Waals surface area contributed by atoms with Gasteiger partial charge in [-0.3, -0.25) is 4.79 Å². The molecule has 1 aliphatic heterocycles. The van der Waals surface area contributed by atoms with Crippen LogP contribution in [0.5, 0.6) is 0 Å². The lowest BCUT2D eigenvalue weighted by molar-refractivity contribution is 0.0763. The third-order valence-electron chi connectivity index (χ3n) is 5.55. The van der Waals surface area contributed by atoms with E-state index in [2.05, 4.69) is 13.8 Å². The van der Waals surface area contributed by atoms with Crippen LogP contribution in [0.3, 0.4) is 0 Å². The molecule has 3 rings (SSSR count). The Morgan fingerprint density at radius 1 is 1.36 bits per heavy atom. The Bertz CT molecular complexity index is 964. The van der Waals surface area contributed by atoms with Crippen LogP contribution >= 0.6 is 0 Å². The van der Waals surface area contributed by atoms with Crippen LogP contribution in [-0.4, -0.2) is 50.2 Å². The number of furan rings is 1. The van der Waals surface area contributed by atoms with Gasteiger partial charge >= 0.3 is 0 Å². The van der Waals surface area contributed by atoms with Gasteiger partial charge in [0.15, 0.2) is 5.76 Å². The zero-order valence-corrected chi connectivity index (χ0v) is 18.0. The molecule has 1 aromatic carbocycles. The van der Waals surface area contributed by atoms with Gasteiger partial charge in [-0.2, -0.15) is 4.31 Å². The average Bonchev–Trinajstić information content (AvgIpc) is 3.01. The highest BCUT2D eigenvalue weighted by molar-refractivity contribution is 7.89. The van der Waals surface area contributed by atoms with Gasteiger partial charge in [0.05, 0.1) is 4.90 Å². The second-order valence-corrected chi connectivity index (χ2v) is 9.84. The van der Waals surface area contributed by atoms with E-state index in [-0.39, 0.29) is 16.6 Å². The summed E-state index contributed by atoms with van der Waals surface area (Å²) in [4.78, 5) is 14.6. The molecular weight excluding hydrogens is 376 g/mol. The quantitative estimate of drug-likeness (QED) is 0.726. The summed E-state index contributed by atoms with van der Waals surface area (Å²) in [5.41, 5.74) is 1.23. The Hall–Kier alpha value is -1.86.